The Morgan fingerprint density at radius 3 is 2.94 bits per heavy atom. The molecule has 1 aromatic heterocycles. The molecule has 0 aliphatic carbocycles. The lowest BCUT2D eigenvalue weighted by Crippen LogP contribution is -1.95. The molecule has 16 heavy (non-hydrogen) atoms. The van der Waals surface area contributed by atoms with Gasteiger partial charge in [0.05, 0.1) is 11.6 Å². The first kappa shape index (κ1) is 10.3. The van der Waals surface area contributed by atoms with Crippen molar-refractivity contribution in [3.63, 3.8) is 0 Å². The molecule has 0 bridgehead atoms. The molecule has 5 heteroatoms. The van der Waals surface area contributed by atoms with Gasteiger partial charge in [-0.3, -0.25) is 0 Å². The lowest BCUT2D eigenvalue weighted by atomic mass is 10.1. The van der Waals surface area contributed by atoms with Crippen LogP contribution in [0.15, 0.2) is 29.6 Å². The fourth-order valence-corrected chi connectivity index (χ4v) is 2.02. The van der Waals surface area contributed by atoms with Crippen molar-refractivity contribution >= 4 is 17.3 Å². The molecular formula is C11H6N2O2S. The number of carboxylic acid groups (broad SMARTS) is 1. The molecule has 78 valence electrons. The van der Waals surface area contributed by atoms with Crippen LogP contribution in [-0.4, -0.2) is 16.1 Å². The minimum Gasteiger partial charge on any atom is -0.476 e. The van der Waals surface area contributed by atoms with Crippen LogP contribution in [0.4, 0.5) is 0 Å². The summed E-state index contributed by atoms with van der Waals surface area (Å²) in [5, 5.41) is 19.6. The van der Waals surface area contributed by atoms with Crippen LogP contribution in [0.1, 0.15) is 16.1 Å². The van der Waals surface area contributed by atoms with Gasteiger partial charge in [-0.2, -0.15) is 5.26 Å². The minimum absolute atomic E-state index is 0.0300. The van der Waals surface area contributed by atoms with Crippen LogP contribution in [0.25, 0.3) is 10.6 Å². The predicted octanol–water partition coefficient (Wildman–Crippen LogP) is 2.38. The number of nitrogens with zero attached hydrogens (tertiary/aromatic N) is 2. The van der Waals surface area contributed by atoms with Gasteiger partial charge in [0.2, 0.25) is 0 Å². The first-order valence-corrected chi connectivity index (χ1v) is 5.28. The Labute approximate surface area is 95.4 Å². The van der Waals surface area contributed by atoms with E-state index < -0.39 is 5.97 Å². The fourth-order valence-electron chi connectivity index (χ4n) is 1.23. The number of hydrogen-bond donors (Lipinski definition) is 1. The first-order chi connectivity index (χ1) is 7.70. The second-order valence-electron chi connectivity index (χ2n) is 3.04. The van der Waals surface area contributed by atoms with E-state index in [1.165, 1.54) is 16.7 Å². The predicted molar refractivity (Wildman–Crippen MR) is 59.2 cm³/mol. The largest absolute Gasteiger partial charge is 0.476 e. The molecule has 1 N–H and O–H groups in total. The molecular weight excluding hydrogens is 224 g/mol. The van der Waals surface area contributed by atoms with E-state index in [2.05, 4.69) is 4.98 Å². The SMILES string of the molecule is N#Cc1cccc(-c2nc(C(=O)O)cs2)c1. The van der Waals surface area contributed by atoms with Crippen molar-refractivity contribution in [2.45, 2.75) is 0 Å². The van der Waals surface area contributed by atoms with Crippen molar-refractivity contribution in [3.05, 3.63) is 40.9 Å². The number of hydrogen-bond acceptors (Lipinski definition) is 4. The number of carboxylic acids is 1. The minimum atomic E-state index is -1.04. The molecule has 1 heterocycles. The summed E-state index contributed by atoms with van der Waals surface area (Å²) >= 11 is 1.25. The van der Waals surface area contributed by atoms with E-state index >= 15 is 0 Å². The van der Waals surface area contributed by atoms with Gasteiger partial charge in [-0.1, -0.05) is 12.1 Å². The highest BCUT2D eigenvalue weighted by Crippen LogP contribution is 2.24. The molecule has 0 radical (unpaired) electrons. The second kappa shape index (κ2) is 4.13. The van der Waals surface area contributed by atoms with E-state index in [-0.39, 0.29) is 5.69 Å². The Hall–Kier alpha value is -2.19. The van der Waals surface area contributed by atoms with Crippen LogP contribution in [0.3, 0.4) is 0 Å². The third kappa shape index (κ3) is 1.92. The summed E-state index contributed by atoms with van der Waals surface area (Å²) in [6, 6.07) is 8.94. The molecule has 2 rings (SSSR count). The highest BCUT2D eigenvalue weighted by atomic mass is 32.1. The standard InChI is InChI=1S/C11H6N2O2S/c12-5-7-2-1-3-8(4-7)10-13-9(6-16-10)11(14)15/h1-4,6H,(H,14,15). The van der Waals surface area contributed by atoms with Crippen LogP contribution >= 0.6 is 11.3 Å². The molecule has 4 nitrogen and oxygen atoms in total. The zero-order valence-electron chi connectivity index (χ0n) is 8.04. The summed E-state index contributed by atoms with van der Waals surface area (Å²) < 4.78 is 0. The zero-order valence-corrected chi connectivity index (χ0v) is 8.86. The van der Waals surface area contributed by atoms with Crippen molar-refractivity contribution in [2.24, 2.45) is 0 Å². The average molecular weight is 230 g/mol. The maximum Gasteiger partial charge on any atom is 0.355 e. The molecule has 0 amide bonds. The maximum absolute atomic E-state index is 10.7. The van der Waals surface area contributed by atoms with Gasteiger partial charge in [0, 0.05) is 10.9 Å². The zero-order chi connectivity index (χ0) is 11.5. The lowest BCUT2D eigenvalue weighted by Gasteiger charge is -1.95. The quantitative estimate of drug-likeness (QED) is 0.859. The second-order valence-corrected chi connectivity index (χ2v) is 3.89. The summed E-state index contributed by atoms with van der Waals surface area (Å²) in [5.41, 5.74) is 1.32. The van der Waals surface area contributed by atoms with Crippen LogP contribution < -0.4 is 0 Å². The van der Waals surface area contributed by atoms with Crippen molar-refractivity contribution in [1.82, 2.24) is 4.98 Å². The Balaban J connectivity index is 2.43. The number of benzene rings is 1. The Kier molecular flexibility index (Phi) is 2.66. The molecule has 0 fully saturated rings. The monoisotopic (exact) mass is 230 g/mol. The van der Waals surface area contributed by atoms with Gasteiger partial charge in [-0.05, 0) is 12.1 Å². The number of aromatic carboxylic acids is 1. The fraction of sp³-hybridized carbons (Fsp3) is 0. The van der Waals surface area contributed by atoms with Gasteiger partial charge < -0.3 is 5.11 Å². The van der Waals surface area contributed by atoms with Gasteiger partial charge >= 0.3 is 5.97 Å². The van der Waals surface area contributed by atoms with Gasteiger partial charge in [-0.15, -0.1) is 11.3 Å². The topological polar surface area (TPSA) is 74.0 Å². The van der Waals surface area contributed by atoms with Crippen LogP contribution in [0.2, 0.25) is 0 Å². The van der Waals surface area contributed by atoms with Crippen molar-refractivity contribution in [3.8, 4) is 16.6 Å². The van der Waals surface area contributed by atoms with Crippen molar-refractivity contribution < 1.29 is 9.90 Å². The molecule has 1 aromatic carbocycles. The summed E-state index contributed by atoms with van der Waals surface area (Å²) in [4.78, 5) is 14.6. The molecule has 0 aliphatic rings. The number of thiazole rings is 1. The first-order valence-electron chi connectivity index (χ1n) is 4.40. The Morgan fingerprint density at radius 2 is 2.31 bits per heavy atom. The third-order valence-corrected chi connectivity index (χ3v) is 2.85. The lowest BCUT2D eigenvalue weighted by molar-refractivity contribution is 0.0691. The van der Waals surface area contributed by atoms with Crippen LogP contribution in [0, 0.1) is 11.3 Å². The Bertz CT molecular complexity index is 584. The highest BCUT2D eigenvalue weighted by molar-refractivity contribution is 7.13. The smallest absolute Gasteiger partial charge is 0.355 e. The number of nitriles is 1. The molecule has 2 aromatic rings. The van der Waals surface area contributed by atoms with Gasteiger partial charge in [0.25, 0.3) is 0 Å². The normalized spacial score (nSPS) is 9.69. The summed E-state index contributed by atoms with van der Waals surface area (Å²) in [5.74, 6) is -1.04. The summed E-state index contributed by atoms with van der Waals surface area (Å²) in [6.07, 6.45) is 0. The van der Waals surface area contributed by atoms with Gasteiger partial charge in [0.15, 0.2) is 5.69 Å². The molecule has 0 spiro atoms. The molecule has 0 aliphatic heterocycles. The van der Waals surface area contributed by atoms with Gasteiger partial charge in [0.1, 0.15) is 5.01 Å². The van der Waals surface area contributed by atoms with E-state index in [1.807, 2.05) is 6.07 Å². The molecule has 0 saturated heterocycles. The number of rotatable bonds is 2. The molecule has 0 unspecified atom stereocenters. The Morgan fingerprint density at radius 1 is 1.50 bits per heavy atom. The van der Waals surface area contributed by atoms with E-state index in [9.17, 15) is 4.79 Å². The summed E-state index contributed by atoms with van der Waals surface area (Å²) in [7, 11) is 0. The number of aromatic nitrogens is 1. The van der Waals surface area contributed by atoms with E-state index in [4.69, 9.17) is 10.4 Å². The third-order valence-electron chi connectivity index (χ3n) is 1.96. The van der Waals surface area contributed by atoms with E-state index in [0.717, 1.165) is 5.56 Å². The van der Waals surface area contributed by atoms with Crippen molar-refractivity contribution in [1.29, 1.82) is 5.26 Å². The maximum atomic E-state index is 10.7. The van der Waals surface area contributed by atoms with Crippen LogP contribution in [0.5, 0.6) is 0 Å². The average Bonchev–Trinajstić information content (AvgIpc) is 2.78. The number of carbonyl (C=O) groups is 1. The van der Waals surface area contributed by atoms with Crippen LogP contribution in [-0.2, 0) is 0 Å². The van der Waals surface area contributed by atoms with Crippen molar-refractivity contribution in [2.75, 3.05) is 0 Å². The van der Waals surface area contributed by atoms with E-state index in [0.29, 0.717) is 10.6 Å². The molecule has 0 atom stereocenters. The highest BCUT2D eigenvalue weighted by Gasteiger charge is 2.10. The molecule has 0 saturated carbocycles. The van der Waals surface area contributed by atoms with Gasteiger partial charge in [-0.25, -0.2) is 9.78 Å². The summed E-state index contributed by atoms with van der Waals surface area (Å²) in [6.45, 7) is 0. The van der Waals surface area contributed by atoms with E-state index in [1.54, 1.807) is 24.3 Å².